The van der Waals surface area contributed by atoms with E-state index in [-0.39, 0.29) is 0 Å². The molecule has 5 nitrogen and oxygen atoms in total. The van der Waals surface area contributed by atoms with Crippen molar-refractivity contribution in [1.82, 2.24) is 9.88 Å². The molecule has 2 rings (SSSR count). The number of aliphatic carboxylic acids is 1. The van der Waals surface area contributed by atoms with E-state index < -0.39 is 11.5 Å². The van der Waals surface area contributed by atoms with Gasteiger partial charge < -0.3 is 9.84 Å². The van der Waals surface area contributed by atoms with E-state index in [4.69, 9.17) is 4.74 Å². The summed E-state index contributed by atoms with van der Waals surface area (Å²) in [5.74, 6) is 0.0814. The number of likely N-dealkylation sites (tertiary alicyclic amines) is 1. The highest BCUT2D eigenvalue weighted by molar-refractivity contribution is 5.78. The molecule has 1 aliphatic rings. The Labute approximate surface area is 119 Å². The van der Waals surface area contributed by atoms with Crippen molar-refractivity contribution < 1.29 is 14.6 Å². The number of nitrogens with zero attached hydrogens (tertiary/aromatic N) is 2. The highest BCUT2D eigenvalue weighted by atomic mass is 16.5. The average Bonchev–Trinajstić information content (AvgIpc) is 2.76. The van der Waals surface area contributed by atoms with Gasteiger partial charge in [-0.2, -0.15) is 0 Å². The van der Waals surface area contributed by atoms with Crippen LogP contribution in [-0.2, 0) is 11.3 Å². The fourth-order valence-corrected chi connectivity index (χ4v) is 2.93. The maximum Gasteiger partial charge on any atom is 0.323 e. The van der Waals surface area contributed by atoms with Crippen LogP contribution >= 0.6 is 0 Å². The fraction of sp³-hybridized carbons (Fsp3) is 0.600. The summed E-state index contributed by atoms with van der Waals surface area (Å²) in [6.07, 6.45) is 3.38. The predicted molar refractivity (Wildman–Crippen MR) is 75.9 cm³/mol. The average molecular weight is 278 g/mol. The van der Waals surface area contributed by atoms with Gasteiger partial charge in [-0.1, -0.05) is 0 Å². The van der Waals surface area contributed by atoms with Crippen LogP contribution in [0.1, 0.15) is 36.6 Å². The van der Waals surface area contributed by atoms with Gasteiger partial charge in [0.15, 0.2) is 0 Å². The molecule has 0 spiro atoms. The molecule has 0 bridgehead atoms. The lowest BCUT2D eigenvalue weighted by atomic mass is 9.99. The standard InChI is InChI=1S/C15H22N2O3/c1-10-8-16-12(11(2)13(10)20-4)9-17-7-5-6-15(17,3)14(18)19/h8H,5-7,9H2,1-4H3,(H,18,19). The minimum absolute atomic E-state index is 0.547. The molecule has 1 aromatic rings. The third-order valence-electron chi connectivity index (χ3n) is 4.34. The number of hydrogen-bond donors (Lipinski definition) is 1. The molecule has 0 aromatic carbocycles. The van der Waals surface area contributed by atoms with Gasteiger partial charge in [0.05, 0.1) is 12.8 Å². The summed E-state index contributed by atoms with van der Waals surface area (Å²) in [7, 11) is 1.65. The first-order valence-corrected chi connectivity index (χ1v) is 6.87. The Morgan fingerprint density at radius 3 is 2.85 bits per heavy atom. The van der Waals surface area contributed by atoms with E-state index >= 15 is 0 Å². The van der Waals surface area contributed by atoms with Crippen LogP contribution in [0.4, 0.5) is 0 Å². The van der Waals surface area contributed by atoms with Gasteiger partial charge in [0, 0.05) is 23.9 Å². The van der Waals surface area contributed by atoms with Crippen molar-refractivity contribution in [3.63, 3.8) is 0 Å². The molecule has 5 heteroatoms. The van der Waals surface area contributed by atoms with Gasteiger partial charge in [0.1, 0.15) is 11.3 Å². The van der Waals surface area contributed by atoms with Crippen LogP contribution in [0.3, 0.4) is 0 Å². The van der Waals surface area contributed by atoms with Gasteiger partial charge >= 0.3 is 5.97 Å². The van der Waals surface area contributed by atoms with Crippen molar-refractivity contribution in [3.05, 3.63) is 23.0 Å². The predicted octanol–water partition coefficient (Wildman–Crippen LogP) is 2.15. The minimum atomic E-state index is -0.785. The number of methoxy groups -OCH3 is 1. The number of ether oxygens (including phenoxy) is 1. The summed E-state index contributed by atoms with van der Waals surface area (Å²) in [6, 6.07) is 0. The second kappa shape index (κ2) is 5.40. The van der Waals surface area contributed by atoms with Crippen molar-refractivity contribution in [2.75, 3.05) is 13.7 Å². The summed E-state index contributed by atoms with van der Waals surface area (Å²) >= 11 is 0. The van der Waals surface area contributed by atoms with Crippen LogP contribution in [0.25, 0.3) is 0 Å². The van der Waals surface area contributed by atoms with Crippen molar-refractivity contribution >= 4 is 5.97 Å². The molecule has 1 aromatic heterocycles. The summed E-state index contributed by atoms with van der Waals surface area (Å²) in [6.45, 7) is 7.07. The van der Waals surface area contributed by atoms with E-state index in [1.807, 2.05) is 18.7 Å². The number of rotatable bonds is 4. The zero-order valence-corrected chi connectivity index (χ0v) is 12.6. The lowest BCUT2D eigenvalue weighted by Crippen LogP contribution is -2.47. The largest absolute Gasteiger partial charge is 0.496 e. The van der Waals surface area contributed by atoms with Crippen molar-refractivity contribution in [2.24, 2.45) is 0 Å². The topological polar surface area (TPSA) is 62.7 Å². The van der Waals surface area contributed by atoms with Gasteiger partial charge in [-0.3, -0.25) is 14.7 Å². The number of carbonyl (C=O) groups is 1. The number of pyridine rings is 1. The van der Waals surface area contributed by atoms with E-state index in [1.165, 1.54) is 0 Å². The van der Waals surface area contributed by atoms with Gasteiger partial charge in [-0.15, -0.1) is 0 Å². The third kappa shape index (κ3) is 2.38. The van der Waals surface area contributed by atoms with Crippen LogP contribution in [0.5, 0.6) is 5.75 Å². The third-order valence-corrected chi connectivity index (χ3v) is 4.34. The second-order valence-electron chi connectivity index (χ2n) is 5.65. The van der Waals surface area contributed by atoms with E-state index in [9.17, 15) is 9.90 Å². The van der Waals surface area contributed by atoms with Crippen LogP contribution in [0.2, 0.25) is 0 Å². The number of hydrogen-bond acceptors (Lipinski definition) is 4. The van der Waals surface area contributed by atoms with Gasteiger partial charge in [-0.25, -0.2) is 0 Å². The highest BCUT2D eigenvalue weighted by Crippen LogP contribution is 2.32. The van der Waals surface area contributed by atoms with Gasteiger partial charge in [-0.05, 0) is 40.2 Å². The molecule has 1 N–H and O–H groups in total. The first-order chi connectivity index (χ1) is 9.40. The Kier molecular flexibility index (Phi) is 3.99. The van der Waals surface area contributed by atoms with E-state index in [2.05, 4.69) is 4.98 Å². The number of carboxylic acid groups (broad SMARTS) is 1. The molecule has 1 aliphatic heterocycles. The lowest BCUT2D eigenvalue weighted by Gasteiger charge is -2.31. The molecule has 20 heavy (non-hydrogen) atoms. The van der Waals surface area contributed by atoms with Crippen LogP contribution in [0.15, 0.2) is 6.20 Å². The Hall–Kier alpha value is -1.62. The maximum atomic E-state index is 11.5. The first-order valence-electron chi connectivity index (χ1n) is 6.87. The van der Waals surface area contributed by atoms with Crippen molar-refractivity contribution in [1.29, 1.82) is 0 Å². The van der Waals surface area contributed by atoms with Crippen LogP contribution < -0.4 is 4.74 Å². The Bertz CT molecular complexity index is 530. The lowest BCUT2D eigenvalue weighted by molar-refractivity contribution is -0.148. The highest BCUT2D eigenvalue weighted by Gasteiger charge is 2.43. The second-order valence-corrected chi connectivity index (χ2v) is 5.65. The van der Waals surface area contributed by atoms with Gasteiger partial charge in [0.2, 0.25) is 0 Å². The summed E-state index contributed by atoms with van der Waals surface area (Å²) in [5.41, 5.74) is 2.09. The molecule has 1 fully saturated rings. The minimum Gasteiger partial charge on any atom is -0.496 e. The fourth-order valence-electron chi connectivity index (χ4n) is 2.93. The molecule has 1 saturated heterocycles. The van der Waals surface area contributed by atoms with Crippen molar-refractivity contribution in [2.45, 2.75) is 45.7 Å². The number of carboxylic acids is 1. The van der Waals surface area contributed by atoms with Crippen LogP contribution in [-0.4, -0.2) is 40.2 Å². The summed E-state index contributed by atoms with van der Waals surface area (Å²) in [5, 5.41) is 9.45. The summed E-state index contributed by atoms with van der Waals surface area (Å²) < 4.78 is 5.41. The van der Waals surface area contributed by atoms with Gasteiger partial charge in [0.25, 0.3) is 0 Å². The van der Waals surface area contributed by atoms with E-state index in [1.54, 1.807) is 20.2 Å². The summed E-state index contributed by atoms with van der Waals surface area (Å²) in [4.78, 5) is 18.0. The van der Waals surface area contributed by atoms with Crippen LogP contribution in [0, 0.1) is 13.8 Å². The molecule has 110 valence electrons. The molecule has 0 radical (unpaired) electrons. The SMILES string of the molecule is COc1c(C)cnc(CN2CCCC2(C)C(=O)O)c1C. The number of aromatic nitrogens is 1. The molecular weight excluding hydrogens is 256 g/mol. The first kappa shape index (κ1) is 14.8. The Morgan fingerprint density at radius 2 is 2.25 bits per heavy atom. The monoisotopic (exact) mass is 278 g/mol. The Balaban J connectivity index is 2.29. The molecule has 2 heterocycles. The van der Waals surface area contributed by atoms with Crippen molar-refractivity contribution in [3.8, 4) is 5.75 Å². The smallest absolute Gasteiger partial charge is 0.323 e. The molecule has 0 saturated carbocycles. The number of aryl methyl sites for hydroxylation is 1. The zero-order chi connectivity index (χ0) is 14.9. The van der Waals surface area contributed by atoms with E-state index in [0.29, 0.717) is 13.0 Å². The molecule has 0 aliphatic carbocycles. The molecule has 1 unspecified atom stereocenters. The molecular formula is C15H22N2O3. The Morgan fingerprint density at radius 1 is 1.55 bits per heavy atom. The molecule has 0 amide bonds. The molecule has 1 atom stereocenters. The normalized spacial score (nSPS) is 23.0. The quantitative estimate of drug-likeness (QED) is 0.914. The van der Waals surface area contributed by atoms with E-state index in [0.717, 1.165) is 35.5 Å². The zero-order valence-electron chi connectivity index (χ0n) is 12.6. The maximum absolute atomic E-state index is 11.5.